The number of methoxy groups -OCH3 is 2. The molecular weight excluding hydrogens is 424 g/mol. The largest absolute Gasteiger partial charge is 0.497 e. The van der Waals surface area contributed by atoms with Crippen LogP contribution in [0.25, 0.3) is 10.6 Å². The molecule has 32 heavy (non-hydrogen) atoms. The molecule has 2 aliphatic rings. The van der Waals surface area contributed by atoms with Crippen molar-refractivity contribution in [3.05, 3.63) is 29.3 Å². The van der Waals surface area contributed by atoms with Gasteiger partial charge in [-0.25, -0.2) is 4.98 Å². The summed E-state index contributed by atoms with van der Waals surface area (Å²) >= 11 is 1.64. The van der Waals surface area contributed by atoms with Crippen LogP contribution in [0.5, 0.6) is 11.5 Å². The number of hydrogen-bond acceptors (Lipinski definition) is 7. The Labute approximate surface area is 194 Å². The molecule has 0 bridgehead atoms. The first-order valence-electron chi connectivity index (χ1n) is 11.6. The zero-order chi connectivity index (χ0) is 22.3. The Kier molecular flexibility index (Phi) is 8.00. The molecule has 1 aromatic heterocycles. The van der Waals surface area contributed by atoms with E-state index in [1.165, 1.54) is 12.8 Å². The Morgan fingerprint density at radius 3 is 2.38 bits per heavy atom. The Hall–Kier alpha value is -2.16. The minimum atomic E-state index is 0.304. The number of likely N-dealkylation sites (tertiary alicyclic amines) is 1. The predicted molar refractivity (Wildman–Crippen MR) is 127 cm³/mol. The lowest BCUT2D eigenvalue weighted by Crippen LogP contribution is -2.49. The van der Waals surface area contributed by atoms with Crippen LogP contribution >= 0.6 is 11.3 Å². The van der Waals surface area contributed by atoms with Gasteiger partial charge in [-0.2, -0.15) is 0 Å². The molecule has 1 amide bonds. The number of piperazine rings is 1. The first-order chi connectivity index (χ1) is 15.7. The van der Waals surface area contributed by atoms with Crippen LogP contribution in [-0.4, -0.2) is 85.6 Å². The fourth-order valence-electron chi connectivity index (χ4n) is 4.42. The van der Waals surface area contributed by atoms with E-state index in [2.05, 4.69) is 20.1 Å². The third-order valence-electron chi connectivity index (χ3n) is 6.36. The van der Waals surface area contributed by atoms with Crippen molar-refractivity contribution in [1.29, 1.82) is 0 Å². The van der Waals surface area contributed by atoms with Crippen molar-refractivity contribution < 1.29 is 14.3 Å². The number of benzene rings is 1. The molecular formula is C24H34N4O3S. The van der Waals surface area contributed by atoms with Crippen molar-refractivity contribution in [2.45, 2.75) is 32.2 Å². The standard InChI is InChI=1S/C24H34N4O3S/c1-30-20-7-8-21(22(15-20)31-2)24-25-19(18-32-24)16-26-11-13-27(14-12-26)17-23(29)28-9-5-3-4-6-10-28/h7-8,15,18H,3-6,9-14,16-17H2,1-2H3. The number of carbonyl (C=O) groups excluding carboxylic acids is 1. The number of nitrogens with zero attached hydrogens (tertiary/aromatic N) is 4. The van der Waals surface area contributed by atoms with Gasteiger partial charge in [0.15, 0.2) is 0 Å². The maximum atomic E-state index is 12.7. The molecule has 0 saturated carbocycles. The second-order valence-corrected chi connectivity index (χ2v) is 9.42. The second-order valence-electron chi connectivity index (χ2n) is 8.56. The molecule has 2 aliphatic heterocycles. The molecule has 174 valence electrons. The summed E-state index contributed by atoms with van der Waals surface area (Å²) in [6, 6.07) is 5.83. The molecule has 1 aromatic carbocycles. The maximum absolute atomic E-state index is 12.7. The van der Waals surface area contributed by atoms with Crippen LogP contribution in [0.1, 0.15) is 31.4 Å². The van der Waals surface area contributed by atoms with Gasteiger partial charge in [-0.15, -0.1) is 11.3 Å². The number of ether oxygens (including phenoxy) is 2. The molecule has 3 heterocycles. The van der Waals surface area contributed by atoms with Crippen molar-refractivity contribution in [2.24, 2.45) is 0 Å². The average molecular weight is 459 g/mol. The third-order valence-corrected chi connectivity index (χ3v) is 7.28. The number of aromatic nitrogens is 1. The van der Waals surface area contributed by atoms with E-state index in [1.807, 2.05) is 18.2 Å². The van der Waals surface area contributed by atoms with Gasteiger partial charge in [-0.3, -0.25) is 14.6 Å². The molecule has 0 N–H and O–H groups in total. The summed E-state index contributed by atoms with van der Waals surface area (Å²) in [5, 5.41) is 3.09. The van der Waals surface area contributed by atoms with Gasteiger partial charge < -0.3 is 14.4 Å². The molecule has 0 unspecified atom stereocenters. The SMILES string of the molecule is COc1ccc(-c2nc(CN3CCN(CC(=O)N4CCCCCC4)CC3)cs2)c(OC)c1. The number of thiazole rings is 1. The van der Waals surface area contributed by atoms with Crippen LogP contribution in [0.3, 0.4) is 0 Å². The van der Waals surface area contributed by atoms with Crippen molar-refractivity contribution in [3.8, 4) is 22.1 Å². The molecule has 8 heteroatoms. The highest BCUT2D eigenvalue weighted by molar-refractivity contribution is 7.13. The molecule has 0 aliphatic carbocycles. The normalized spacial score (nSPS) is 18.4. The molecule has 2 aromatic rings. The van der Waals surface area contributed by atoms with E-state index in [1.54, 1.807) is 25.6 Å². The molecule has 0 atom stereocenters. The first-order valence-corrected chi connectivity index (χ1v) is 12.4. The predicted octanol–water partition coefficient (Wildman–Crippen LogP) is 3.35. The highest BCUT2D eigenvalue weighted by atomic mass is 32.1. The van der Waals surface area contributed by atoms with E-state index in [0.29, 0.717) is 12.5 Å². The minimum Gasteiger partial charge on any atom is -0.497 e. The van der Waals surface area contributed by atoms with Crippen LogP contribution in [0.4, 0.5) is 0 Å². The van der Waals surface area contributed by atoms with Crippen LogP contribution in [0.2, 0.25) is 0 Å². The highest BCUT2D eigenvalue weighted by Crippen LogP contribution is 2.35. The van der Waals surface area contributed by atoms with Crippen molar-refractivity contribution >= 4 is 17.2 Å². The summed E-state index contributed by atoms with van der Waals surface area (Å²) in [5.74, 6) is 1.85. The third kappa shape index (κ3) is 5.79. The summed E-state index contributed by atoms with van der Waals surface area (Å²) < 4.78 is 10.8. The summed E-state index contributed by atoms with van der Waals surface area (Å²) in [4.78, 5) is 24.3. The fraction of sp³-hybridized carbons (Fsp3) is 0.583. The van der Waals surface area contributed by atoms with Crippen LogP contribution in [-0.2, 0) is 11.3 Å². The van der Waals surface area contributed by atoms with Crippen molar-refractivity contribution in [3.63, 3.8) is 0 Å². The Morgan fingerprint density at radius 1 is 0.969 bits per heavy atom. The Balaban J connectivity index is 1.28. The molecule has 2 saturated heterocycles. The number of carbonyl (C=O) groups is 1. The first kappa shape index (κ1) is 23.0. The van der Waals surface area contributed by atoms with Crippen molar-refractivity contribution in [1.82, 2.24) is 19.7 Å². The van der Waals surface area contributed by atoms with Crippen LogP contribution in [0.15, 0.2) is 23.6 Å². The van der Waals surface area contributed by atoms with Gasteiger partial charge in [-0.05, 0) is 25.0 Å². The summed E-state index contributed by atoms with van der Waals surface area (Å²) in [5.41, 5.74) is 2.07. The van der Waals surface area contributed by atoms with Crippen molar-refractivity contribution in [2.75, 3.05) is 60.0 Å². The summed E-state index contributed by atoms with van der Waals surface area (Å²) in [6.07, 6.45) is 4.81. The fourth-order valence-corrected chi connectivity index (χ4v) is 5.26. The topological polar surface area (TPSA) is 58.1 Å². The molecule has 0 spiro atoms. The van der Waals surface area contributed by atoms with E-state index in [-0.39, 0.29) is 0 Å². The van der Waals surface area contributed by atoms with Crippen LogP contribution < -0.4 is 9.47 Å². The zero-order valence-electron chi connectivity index (χ0n) is 19.2. The Morgan fingerprint density at radius 2 is 1.69 bits per heavy atom. The molecule has 2 fully saturated rings. The van der Waals surface area contributed by atoms with Gasteiger partial charge in [0.1, 0.15) is 16.5 Å². The highest BCUT2D eigenvalue weighted by Gasteiger charge is 2.23. The van der Waals surface area contributed by atoms with Crippen LogP contribution in [0, 0.1) is 0 Å². The monoisotopic (exact) mass is 458 g/mol. The van der Waals surface area contributed by atoms with E-state index in [4.69, 9.17) is 14.5 Å². The van der Waals surface area contributed by atoms with Gasteiger partial charge in [0.05, 0.1) is 32.0 Å². The number of hydrogen-bond donors (Lipinski definition) is 0. The van der Waals surface area contributed by atoms with E-state index < -0.39 is 0 Å². The Bertz CT molecular complexity index is 887. The lowest BCUT2D eigenvalue weighted by Gasteiger charge is -2.35. The van der Waals surface area contributed by atoms with Gasteiger partial charge in [0.25, 0.3) is 0 Å². The quantitative estimate of drug-likeness (QED) is 0.634. The molecule has 0 radical (unpaired) electrons. The van der Waals surface area contributed by atoms with Gasteiger partial charge >= 0.3 is 0 Å². The van der Waals surface area contributed by atoms with Gasteiger partial charge in [0.2, 0.25) is 5.91 Å². The second kappa shape index (κ2) is 11.1. The van der Waals surface area contributed by atoms with E-state index in [9.17, 15) is 4.79 Å². The number of rotatable bonds is 7. The van der Waals surface area contributed by atoms with Gasteiger partial charge in [0, 0.05) is 57.3 Å². The lowest BCUT2D eigenvalue weighted by molar-refractivity contribution is -0.132. The smallest absolute Gasteiger partial charge is 0.236 e. The molecule has 4 rings (SSSR count). The average Bonchev–Trinajstić information content (AvgIpc) is 3.10. The summed E-state index contributed by atoms with van der Waals surface area (Å²) in [7, 11) is 3.32. The van der Waals surface area contributed by atoms with E-state index in [0.717, 1.165) is 86.4 Å². The zero-order valence-corrected chi connectivity index (χ0v) is 20.0. The lowest BCUT2D eigenvalue weighted by atomic mass is 10.2. The molecule has 7 nitrogen and oxygen atoms in total. The minimum absolute atomic E-state index is 0.304. The van der Waals surface area contributed by atoms with Gasteiger partial charge in [-0.1, -0.05) is 12.8 Å². The van der Waals surface area contributed by atoms with E-state index >= 15 is 0 Å². The maximum Gasteiger partial charge on any atom is 0.236 e. The summed E-state index contributed by atoms with van der Waals surface area (Å²) in [6.45, 7) is 7.06. The number of amides is 1.